The van der Waals surface area contributed by atoms with E-state index in [0.717, 1.165) is 51.7 Å². The van der Waals surface area contributed by atoms with Crippen LogP contribution in [0.2, 0.25) is 0 Å². The molecule has 1 atom stereocenters. The van der Waals surface area contributed by atoms with Crippen molar-refractivity contribution in [2.45, 2.75) is 64.8 Å². The van der Waals surface area contributed by atoms with E-state index in [4.69, 9.17) is 0 Å². The fourth-order valence-corrected chi connectivity index (χ4v) is 4.99. The maximum absolute atomic E-state index is 12.5. The number of thiophene rings is 1. The highest BCUT2D eigenvalue weighted by atomic mass is 32.1. The number of likely N-dealkylation sites (tertiary alicyclic amines) is 2. The van der Waals surface area contributed by atoms with E-state index in [1.165, 1.54) is 15.3 Å². The molecule has 2 aliphatic rings. The van der Waals surface area contributed by atoms with Gasteiger partial charge in [-0.15, -0.1) is 11.3 Å². The van der Waals surface area contributed by atoms with Gasteiger partial charge in [0.05, 0.1) is 0 Å². The third-order valence-corrected chi connectivity index (χ3v) is 6.29. The molecule has 1 aromatic rings. The molecule has 0 aromatic carbocycles. The lowest BCUT2D eigenvalue weighted by molar-refractivity contribution is -0.137. The SMILES string of the molecule is Cc1cc(CCCC(=O)N2CCC[C@@H](N3CCCC3=O)C2)c(C)s1. The van der Waals surface area contributed by atoms with E-state index in [9.17, 15) is 9.59 Å². The van der Waals surface area contributed by atoms with Crippen LogP contribution in [0.15, 0.2) is 6.07 Å². The molecule has 0 aliphatic carbocycles. The van der Waals surface area contributed by atoms with Crippen LogP contribution < -0.4 is 0 Å². The number of carbonyl (C=O) groups is 2. The summed E-state index contributed by atoms with van der Waals surface area (Å²) in [6.45, 7) is 6.77. The zero-order valence-corrected chi connectivity index (χ0v) is 15.7. The van der Waals surface area contributed by atoms with Gasteiger partial charge in [-0.2, -0.15) is 0 Å². The van der Waals surface area contributed by atoms with Crippen LogP contribution in [0.5, 0.6) is 0 Å². The topological polar surface area (TPSA) is 40.6 Å². The third-order valence-electron chi connectivity index (χ3n) is 5.28. The Bertz CT molecular complexity index is 611. The van der Waals surface area contributed by atoms with Crippen molar-refractivity contribution in [3.05, 3.63) is 21.4 Å². The lowest BCUT2D eigenvalue weighted by atomic mass is 10.0. The number of hydrogen-bond donors (Lipinski definition) is 0. The molecule has 0 saturated carbocycles. The molecule has 2 amide bonds. The van der Waals surface area contributed by atoms with Crippen molar-refractivity contribution >= 4 is 23.2 Å². The van der Waals surface area contributed by atoms with Crippen LogP contribution in [0.4, 0.5) is 0 Å². The molecule has 3 heterocycles. The van der Waals surface area contributed by atoms with Gasteiger partial charge in [-0.3, -0.25) is 9.59 Å². The highest BCUT2D eigenvalue weighted by Gasteiger charge is 2.32. The Morgan fingerprint density at radius 1 is 1.29 bits per heavy atom. The van der Waals surface area contributed by atoms with Crippen LogP contribution in [0.1, 0.15) is 53.8 Å². The van der Waals surface area contributed by atoms with E-state index >= 15 is 0 Å². The molecule has 0 N–H and O–H groups in total. The smallest absolute Gasteiger partial charge is 0.222 e. The molecular formula is C19H28N2O2S. The van der Waals surface area contributed by atoms with Crippen molar-refractivity contribution in [2.24, 2.45) is 0 Å². The summed E-state index contributed by atoms with van der Waals surface area (Å²) in [5.41, 5.74) is 1.39. The first-order valence-corrected chi connectivity index (χ1v) is 9.99. The quantitative estimate of drug-likeness (QED) is 0.819. The van der Waals surface area contributed by atoms with Crippen molar-refractivity contribution in [1.29, 1.82) is 0 Å². The van der Waals surface area contributed by atoms with E-state index in [-0.39, 0.29) is 17.9 Å². The monoisotopic (exact) mass is 348 g/mol. The number of rotatable bonds is 5. The zero-order chi connectivity index (χ0) is 17.1. The Labute approximate surface area is 148 Å². The maximum Gasteiger partial charge on any atom is 0.222 e. The Balaban J connectivity index is 1.47. The third kappa shape index (κ3) is 4.00. The van der Waals surface area contributed by atoms with E-state index in [1.54, 1.807) is 0 Å². The molecule has 3 rings (SSSR count). The lowest BCUT2D eigenvalue weighted by Gasteiger charge is -2.37. The normalized spacial score (nSPS) is 21.6. The van der Waals surface area contributed by atoms with Crippen molar-refractivity contribution < 1.29 is 9.59 Å². The number of carbonyl (C=O) groups excluding carboxylic acids is 2. The van der Waals surface area contributed by atoms with Crippen molar-refractivity contribution in [3.8, 4) is 0 Å². The fourth-order valence-electron chi connectivity index (χ4n) is 4.01. The van der Waals surface area contributed by atoms with Gasteiger partial charge in [0.1, 0.15) is 0 Å². The summed E-state index contributed by atoms with van der Waals surface area (Å²) >= 11 is 1.84. The number of piperidine rings is 1. The average molecular weight is 349 g/mol. The molecule has 0 unspecified atom stereocenters. The molecule has 5 heteroatoms. The average Bonchev–Trinajstić information content (AvgIpc) is 3.12. The Hall–Kier alpha value is -1.36. The van der Waals surface area contributed by atoms with E-state index in [0.29, 0.717) is 12.8 Å². The Morgan fingerprint density at radius 3 is 2.79 bits per heavy atom. The van der Waals surface area contributed by atoms with Crippen LogP contribution in [0.3, 0.4) is 0 Å². The fraction of sp³-hybridized carbons (Fsp3) is 0.684. The first-order chi connectivity index (χ1) is 11.5. The molecule has 132 valence electrons. The van der Waals surface area contributed by atoms with Gasteiger partial charge in [-0.05, 0) is 57.6 Å². The summed E-state index contributed by atoms with van der Waals surface area (Å²) in [4.78, 5) is 31.2. The molecule has 24 heavy (non-hydrogen) atoms. The highest BCUT2D eigenvalue weighted by Crippen LogP contribution is 2.24. The maximum atomic E-state index is 12.5. The summed E-state index contributed by atoms with van der Waals surface area (Å²) in [6, 6.07) is 2.50. The van der Waals surface area contributed by atoms with Crippen LogP contribution in [0.25, 0.3) is 0 Å². The van der Waals surface area contributed by atoms with Crippen LogP contribution in [-0.4, -0.2) is 47.3 Å². The standard InChI is InChI=1S/C19H28N2O2S/c1-14-12-16(15(2)24-14)6-3-8-18(22)20-10-4-7-17(13-20)21-11-5-9-19(21)23/h12,17H,3-11,13H2,1-2H3/t17-/m1/s1. The van der Waals surface area contributed by atoms with Gasteiger partial charge in [0.15, 0.2) is 0 Å². The highest BCUT2D eigenvalue weighted by molar-refractivity contribution is 7.12. The number of nitrogens with zero attached hydrogens (tertiary/aromatic N) is 2. The van der Waals surface area contributed by atoms with Gasteiger partial charge in [-0.25, -0.2) is 0 Å². The van der Waals surface area contributed by atoms with Gasteiger partial charge in [0.25, 0.3) is 0 Å². The first kappa shape index (κ1) is 17.5. The molecular weight excluding hydrogens is 320 g/mol. The number of amides is 2. The zero-order valence-electron chi connectivity index (χ0n) is 14.8. The van der Waals surface area contributed by atoms with E-state index in [1.807, 2.05) is 21.1 Å². The minimum absolute atomic E-state index is 0.250. The van der Waals surface area contributed by atoms with Gasteiger partial charge in [0.2, 0.25) is 11.8 Å². The second kappa shape index (κ2) is 7.68. The Morgan fingerprint density at radius 2 is 2.12 bits per heavy atom. The van der Waals surface area contributed by atoms with Crippen molar-refractivity contribution in [3.63, 3.8) is 0 Å². The summed E-state index contributed by atoms with van der Waals surface area (Å²) in [5.74, 6) is 0.536. The van der Waals surface area contributed by atoms with Crippen molar-refractivity contribution in [2.75, 3.05) is 19.6 Å². The minimum Gasteiger partial charge on any atom is -0.341 e. The summed E-state index contributed by atoms with van der Waals surface area (Å²) < 4.78 is 0. The summed E-state index contributed by atoms with van der Waals surface area (Å²) in [6.07, 6.45) is 6.25. The predicted octanol–water partition coefficient (Wildman–Crippen LogP) is 3.30. The number of aryl methyl sites for hydroxylation is 3. The van der Waals surface area contributed by atoms with Crippen LogP contribution in [0, 0.1) is 13.8 Å². The first-order valence-electron chi connectivity index (χ1n) is 9.18. The summed E-state index contributed by atoms with van der Waals surface area (Å²) in [7, 11) is 0. The second-order valence-electron chi connectivity index (χ2n) is 7.12. The second-order valence-corrected chi connectivity index (χ2v) is 8.58. The molecule has 2 aliphatic heterocycles. The van der Waals surface area contributed by atoms with E-state index < -0.39 is 0 Å². The molecule has 2 fully saturated rings. The molecule has 0 spiro atoms. The largest absolute Gasteiger partial charge is 0.341 e. The van der Waals surface area contributed by atoms with Gasteiger partial charge >= 0.3 is 0 Å². The lowest BCUT2D eigenvalue weighted by Crippen LogP contribution is -2.50. The van der Waals surface area contributed by atoms with Gasteiger partial charge in [0, 0.05) is 48.3 Å². The minimum atomic E-state index is 0.250. The van der Waals surface area contributed by atoms with Gasteiger partial charge in [-0.1, -0.05) is 0 Å². The summed E-state index contributed by atoms with van der Waals surface area (Å²) in [5, 5.41) is 0. The van der Waals surface area contributed by atoms with Crippen LogP contribution >= 0.6 is 11.3 Å². The molecule has 1 aromatic heterocycles. The molecule has 4 nitrogen and oxygen atoms in total. The van der Waals surface area contributed by atoms with E-state index in [2.05, 4.69) is 19.9 Å². The molecule has 0 radical (unpaired) electrons. The van der Waals surface area contributed by atoms with Crippen LogP contribution in [-0.2, 0) is 16.0 Å². The van der Waals surface area contributed by atoms with Gasteiger partial charge < -0.3 is 9.80 Å². The number of hydrogen-bond acceptors (Lipinski definition) is 3. The Kier molecular flexibility index (Phi) is 5.59. The predicted molar refractivity (Wildman–Crippen MR) is 97.3 cm³/mol. The molecule has 2 saturated heterocycles. The van der Waals surface area contributed by atoms with Crippen molar-refractivity contribution in [1.82, 2.24) is 9.80 Å². The molecule has 0 bridgehead atoms.